The van der Waals surface area contributed by atoms with E-state index in [1.165, 1.54) is 5.56 Å². The number of rotatable bonds is 1. The van der Waals surface area contributed by atoms with Gasteiger partial charge in [-0.25, -0.2) is 4.98 Å². The van der Waals surface area contributed by atoms with E-state index in [4.69, 9.17) is 0 Å². The summed E-state index contributed by atoms with van der Waals surface area (Å²) in [7, 11) is 0. The molecule has 0 aliphatic carbocycles. The maximum Gasteiger partial charge on any atom is 0.109 e. The van der Waals surface area contributed by atoms with Crippen molar-refractivity contribution >= 4 is 0 Å². The summed E-state index contributed by atoms with van der Waals surface area (Å²) in [5.74, 6) is 1.09. The van der Waals surface area contributed by atoms with E-state index in [0.29, 0.717) is 6.54 Å². The van der Waals surface area contributed by atoms with Crippen molar-refractivity contribution in [3.8, 4) is 11.3 Å². The molecule has 3 nitrogen and oxygen atoms in total. The number of imidazole rings is 1. The Morgan fingerprint density at radius 2 is 2.06 bits per heavy atom. The minimum absolute atomic E-state index is 0.220. The second-order valence-electron chi connectivity index (χ2n) is 4.75. The van der Waals surface area contributed by atoms with E-state index in [0.717, 1.165) is 29.9 Å². The minimum atomic E-state index is -0.220. The molecule has 1 aromatic carbocycles. The first-order valence-corrected chi connectivity index (χ1v) is 6.03. The van der Waals surface area contributed by atoms with E-state index < -0.39 is 0 Å². The number of aliphatic hydroxyl groups excluding tert-OH is 1. The summed E-state index contributed by atoms with van der Waals surface area (Å²) in [4.78, 5) is 4.64. The van der Waals surface area contributed by atoms with E-state index in [-0.39, 0.29) is 6.10 Å². The van der Waals surface area contributed by atoms with Crippen LogP contribution >= 0.6 is 0 Å². The third kappa shape index (κ3) is 1.98. The summed E-state index contributed by atoms with van der Waals surface area (Å²) in [6.45, 7) is 2.76. The molecule has 3 heteroatoms. The third-order valence-corrected chi connectivity index (χ3v) is 3.32. The zero-order valence-corrected chi connectivity index (χ0v) is 9.93. The summed E-state index contributed by atoms with van der Waals surface area (Å²) in [6, 6.07) is 8.39. The molecule has 2 heterocycles. The van der Waals surface area contributed by atoms with Crippen LogP contribution in [-0.2, 0) is 13.0 Å². The number of hydrogen-bond donors (Lipinski definition) is 1. The van der Waals surface area contributed by atoms with Gasteiger partial charge in [0, 0.05) is 24.7 Å². The van der Waals surface area contributed by atoms with Crippen LogP contribution in [0.3, 0.4) is 0 Å². The quantitative estimate of drug-likeness (QED) is 0.812. The van der Waals surface area contributed by atoms with E-state index in [9.17, 15) is 5.11 Å². The molecule has 0 saturated heterocycles. The number of fused-ring (bicyclic) bond motifs is 1. The van der Waals surface area contributed by atoms with E-state index in [2.05, 4.69) is 40.7 Å². The van der Waals surface area contributed by atoms with Crippen LogP contribution in [0.2, 0.25) is 0 Å². The monoisotopic (exact) mass is 228 g/mol. The van der Waals surface area contributed by atoms with Crippen LogP contribution in [0, 0.1) is 6.92 Å². The van der Waals surface area contributed by atoms with Crippen LogP contribution in [-0.4, -0.2) is 20.8 Å². The molecule has 0 radical (unpaired) electrons. The molecule has 0 amide bonds. The number of aromatic nitrogens is 2. The lowest BCUT2D eigenvalue weighted by atomic mass is 10.1. The molecular formula is C14H16N2O. The topological polar surface area (TPSA) is 38.0 Å². The summed E-state index contributed by atoms with van der Waals surface area (Å²) in [5, 5.41) is 9.62. The number of benzene rings is 1. The van der Waals surface area contributed by atoms with Gasteiger partial charge in [0.05, 0.1) is 11.8 Å². The highest BCUT2D eigenvalue weighted by Crippen LogP contribution is 2.22. The standard InChI is InChI=1S/C14H16N2O/c1-10-2-4-11(5-3-10)13-9-16-8-12(17)6-7-14(16)15-13/h2-5,9,12,17H,6-8H2,1H3. The lowest BCUT2D eigenvalue weighted by molar-refractivity contribution is 0.130. The number of aryl methyl sites for hydroxylation is 2. The zero-order chi connectivity index (χ0) is 11.8. The molecule has 1 atom stereocenters. The smallest absolute Gasteiger partial charge is 0.109 e. The van der Waals surface area contributed by atoms with Crippen molar-refractivity contribution in [1.29, 1.82) is 0 Å². The molecule has 1 unspecified atom stereocenters. The third-order valence-electron chi connectivity index (χ3n) is 3.32. The summed E-state index contributed by atoms with van der Waals surface area (Å²) < 4.78 is 2.07. The maximum atomic E-state index is 9.62. The summed E-state index contributed by atoms with van der Waals surface area (Å²) in [5.41, 5.74) is 3.41. The molecular weight excluding hydrogens is 212 g/mol. The highest BCUT2D eigenvalue weighted by atomic mass is 16.3. The lowest BCUT2D eigenvalue weighted by Gasteiger charge is -2.18. The summed E-state index contributed by atoms with van der Waals surface area (Å²) in [6.07, 6.45) is 3.52. The van der Waals surface area contributed by atoms with Crippen molar-refractivity contribution in [2.45, 2.75) is 32.4 Å². The van der Waals surface area contributed by atoms with Gasteiger partial charge in [-0.05, 0) is 13.3 Å². The van der Waals surface area contributed by atoms with Crippen molar-refractivity contribution in [2.75, 3.05) is 0 Å². The highest BCUT2D eigenvalue weighted by Gasteiger charge is 2.18. The molecule has 0 bridgehead atoms. The van der Waals surface area contributed by atoms with Crippen LogP contribution in [0.4, 0.5) is 0 Å². The summed E-state index contributed by atoms with van der Waals surface area (Å²) >= 11 is 0. The van der Waals surface area contributed by atoms with Gasteiger partial charge in [0.25, 0.3) is 0 Å². The van der Waals surface area contributed by atoms with Gasteiger partial charge in [0.15, 0.2) is 0 Å². The first kappa shape index (κ1) is 10.5. The number of nitrogens with zero attached hydrogens (tertiary/aromatic N) is 2. The van der Waals surface area contributed by atoms with E-state index >= 15 is 0 Å². The Kier molecular flexibility index (Phi) is 2.48. The average molecular weight is 228 g/mol. The second kappa shape index (κ2) is 4.00. The molecule has 88 valence electrons. The predicted octanol–water partition coefficient (Wildman–Crippen LogP) is 2.17. The fraction of sp³-hybridized carbons (Fsp3) is 0.357. The fourth-order valence-electron chi connectivity index (χ4n) is 2.29. The Morgan fingerprint density at radius 3 is 2.82 bits per heavy atom. The molecule has 0 saturated carbocycles. The van der Waals surface area contributed by atoms with Gasteiger partial charge in [0.1, 0.15) is 5.82 Å². The molecule has 1 aliphatic rings. The van der Waals surface area contributed by atoms with Crippen molar-refractivity contribution in [2.24, 2.45) is 0 Å². The largest absolute Gasteiger partial charge is 0.391 e. The van der Waals surface area contributed by atoms with Gasteiger partial charge in [-0.15, -0.1) is 0 Å². The Morgan fingerprint density at radius 1 is 1.29 bits per heavy atom. The van der Waals surface area contributed by atoms with Crippen LogP contribution < -0.4 is 0 Å². The van der Waals surface area contributed by atoms with Crippen molar-refractivity contribution in [3.63, 3.8) is 0 Å². The molecule has 2 aromatic rings. The maximum absolute atomic E-state index is 9.62. The Bertz CT molecular complexity index is 528. The first-order valence-electron chi connectivity index (χ1n) is 6.03. The van der Waals surface area contributed by atoms with Gasteiger partial charge >= 0.3 is 0 Å². The Labute approximate surface area is 101 Å². The van der Waals surface area contributed by atoms with Crippen LogP contribution in [0.1, 0.15) is 17.8 Å². The van der Waals surface area contributed by atoms with Gasteiger partial charge in [-0.1, -0.05) is 29.8 Å². The molecule has 17 heavy (non-hydrogen) atoms. The van der Waals surface area contributed by atoms with Gasteiger partial charge in [0.2, 0.25) is 0 Å². The van der Waals surface area contributed by atoms with E-state index in [1.807, 2.05) is 6.20 Å². The normalized spacial score (nSPS) is 19.1. The number of aliphatic hydroxyl groups is 1. The molecule has 3 rings (SSSR count). The van der Waals surface area contributed by atoms with Crippen molar-refractivity contribution < 1.29 is 5.11 Å². The average Bonchev–Trinajstić information content (AvgIpc) is 2.72. The zero-order valence-electron chi connectivity index (χ0n) is 9.93. The Hall–Kier alpha value is -1.61. The number of hydrogen-bond acceptors (Lipinski definition) is 2. The SMILES string of the molecule is Cc1ccc(-c2cn3c(n2)CCC(O)C3)cc1. The molecule has 0 spiro atoms. The predicted molar refractivity (Wildman–Crippen MR) is 66.7 cm³/mol. The van der Waals surface area contributed by atoms with Crippen LogP contribution in [0.15, 0.2) is 30.5 Å². The molecule has 1 N–H and O–H groups in total. The fourth-order valence-corrected chi connectivity index (χ4v) is 2.29. The van der Waals surface area contributed by atoms with Crippen molar-refractivity contribution in [3.05, 3.63) is 41.9 Å². The minimum Gasteiger partial charge on any atom is -0.391 e. The first-order chi connectivity index (χ1) is 8.22. The van der Waals surface area contributed by atoms with Crippen LogP contribution in [0.25, 0.3) is 11.3 Å². The van der Waals surface area contributed by atoms with Crippen molar-refractivity contribution in [1.82, 2.24) is 9.55 Å². The van der Waals surface area contributed by atoms with E-state index in [1.54, 1.807) is 0 Å². The van der Waals surface area contributed by atoms with Gasteiger partial charge in [-0.2, -0.15) is 0 Å². The molecule has 0 fully saturated rings. The molecule has 1 aliphatic heterocycles. The highest BCUT2D eigenvalue weighted by molar-refractivity contribution is 5.59. The Balaban J connectivity index is 1.97. The van der Waals surface area contributed by atoms with Gasteiger partial charge < -0.3 is 9.67 Å². The van der Waals surface area contributed by atoms with Gasteiger partial charge in [-0.3, -0.25) is 0 Å². The lowest BCUT2D eigenvalue weighted by Crippen LogP contribution is -2.23. The second-order valence-corrected chi connectivity index (χ2v) is 4.75. The van der Waals surface area contributed by atoms with Crippen LogP contribution in [0.5, 0.6) is 0 Å². The molecule has 1 aromatic heterocycles.